The molecule has 7 nitrogen and oxygen atoms in total. The van der Waals surface area contributed by atoms with Gasteiger partial charge in [0.05, 0.1) is 10.6 Å². The van der Waals surface area contributed by atoms with Crippen molar-refractivity contribution in [3.05, 3.63) is 94.0 Å². The zero-order valence-electron chi connectivity index (χ0n) is 23.2. The third-order valence-electron chi connectivity index (χ3n) is 7.41. The fraction of sp³-hybridized carbons (Fsp3) is 0.355. The first-order chi connectivity index (χ1) is 19.6. The summed E-state index contributed by atoms with van der Waals surface area (Å²) < 4.78 is 28.8. The average Bonchev–Trinajstić information content (AvgIpc) is 2.96. The van der Waals surface area contributed by atoms with E-state index in [-0.39, 0.29) is 29.1 Å². The molecule has 3 aromatic carbocycles. The summed E-state index contributed by atoms with van der Waals surface area (Å²) in [6.07, 6.45) is 5.05. The molecule has 0 radical (unpaired) electrons. The molecule has 0 unspecified atom stereocenters. The summed E-state index contributed by atoms with van der Waals surface area (Å²) in [5, 5.41) is 3.97. The van der Waals surface area contributed by atoms with E-state index in [1.807, 2.05) is 13.0 Å². The quantitative estimate of drug-likeness (QED) is 0.287. The number of nitrogens with zero attached hydrogens (tertiary/aromatic N) is 2. The minimum Gasteiger partial charge on any atom is -0.352 e. The van der Waals surface area contributed by atoms with Crippen molar-refractivity contribution in [2.45, 2.75) is 69.5 Å². The molecule has 0 heterocycles. The molecular weight excluding hydrogens is 581 g/mol. The molecular formula is C31H35Cl2N3O4S. The highest BCUT2D eigenvalue weighted by Gasteiger charge is 2.33. The van der Waals surface area contributed by atoms with Gasteiger partial charge >= 0.3 is 0 Å². The zero-order valence-corrected chi connectivity index (χ0v) is 25.6. The Balaban J connectivity index is 1.68. The van der Waals surface area contributed by atoms with Crippen LogP contribution in [0.3, 0.4) is 0 Å². The molecule has 0 saturated heterocycles. The Hall–Kier alpha value is -3.07. The van der Waals surface area contributed by atoms with Crippen molar-refractivity contribution in [2.75, 3.05) is 10.8 Å². The van der Waals surface area contributed by atoms with Crippen LogP contribution in [0.2, 0.25) is 10.0 Å². The van der Waals surface area contributed by atoms with Gasteiger partial charge in [0, 0.05) is 22.6 Å². The monoisotopic (exact) mass is 615 g/mol. The standard InChI is InChI=1S/C31H35Cl2N3O4S/c1-22-16-17-27(19-29(22)33)36(41(39,40)28-14-7-4-8-15-28)21-30(37)35(20-24-10-9-11-25(32)18-24)23(2)31(38)34-26-12-5-3-6-13-26/h4,7-11,14-19,23,26H,3,5-6,12-13,20-21H2,1-2H3,(H,34,38)/t23-/m1/s1. The van der Waals surface area contributed by atoms with Crippen LogP contribution in [0, 0.1) is 6.92 Å². The van der Waals surface area contributed by atoms with Gasteiger partial charge in [-0.3, -0.25) is 13.9 Å². The van der Waals surface area contributed by atoms with E-state index in [9.17, 15) is 18.0 Å². The van der Waals surface area contributed by atoms with E-state index in [1.54, 1.807) is 55.5 Å². The molecule has 0 aliphatic heterocycles. The Morgan fingerprint density at radius 3 is 2.32 bits per heavy atom. The third kappa shape index (κ3) is 7.82. The van der Waals surface area contributed by atoms with Crippen LogP contribution in [0.4, 0.5) is 5.69 Å². The normalized spacial score (nSPS) is 14.7. The maximum Gasteiger partial charge on any atom is 0.264 e. The molecule has 41 heavy (non-hydrogen) atoms. The van der Waals surface area contributed by atoms with Crippen LogP contribution in [0.5, 0.6) is 0 Å². The second-order valence-electron chi connectivity index (χ2n) is 10.4. The number of anilines is 1. The molecule has 0 bridgehead atoms. The lowest BCUT2D eigenvalue weighted by atomic mass is 9.95. The van der Waals surface area contributed by atoms with E-state index in [0.29, 0.717) is 10.0 Å². The lowest BCUT2D eigenvalue weighted by Crippen LogP contribution is -2.53. The van der Waals surface area contributed by atoms with E-state index >= 15 is 0 Å². The van der Waals surface area contributed by atoms with Crippen LogP contribution < -0.4 is 9.62 Å². The van der Waals surface area contributed by atoms with E-state index in [4.69, 9.17) is 23.2 Å². The van der Waals surface area contributed by atoms with Gasteiger partial charge in [-0.05, 0) is 74.2 Å². The number of halogens is 2. The van der Waals surface area contributed by atoms with Gasteiger partial charge in [0.2, 0.25) is 11.8 Å². The Bertz CT molecular complexity index is 1480. The van der Waals surface area contributed by atoms with E-state index in [0.717, 1.165) is 47.5 Å². The molecule has 1 N–H and O–H groups in total. The summed E-state index contributed by atoms with van der Waals surface area (Å²) in [5.74, 6) is -0.810. The lowest BCUT2D eigenvalue weighted by Gasteiger charge is -2.33. The maximum absolute atomic E-state index is 14.1. The summed E-state index contributed by atoms with van der Waals surface area (Å²) in [7, 11) is -4.16. The number of rotatable bonds is 10. The molecule has 4 rings (SSSR count). The van der Waals surface area contributed by atoms with Gasteiger partial charge in [-0.15, -0.1) is 0 Å². The minimum absolute atomic E-state index is 0.0361. The predicted molar refractivity (Wildman–Crippen MR) is 164 cm³/mol. The molecule has 1 fully saturated rings. The first kappa shape index (κ1) is 30.9. The van der Waals surface area contributed by atoms with Crippen molar-refractivity contribution in [3.8, 4) is 0 Å². The van der Waals surface area contributed by atoms with Crippen molar-refractivity contribution in [2.24, 2.45) is 0 Å². The number of aryl methyl sites for hydroxylation is 1. The molecule has 0 spiro atoms. The molecule has 1 aliphatic carbocycles. The molecule has 1 aliphatic rings. The van der Waals surface area contributed by atoms with E-state index < -0.39 is 28.5 Å². The van der Waals surface area contributed by atoms with E-state index in [1.165, 1.54) is 23.1 Å². The van der Waals surface area contributed by atoms with Crippen LogP contribution in [0.25, 0.3) is 0 Å². The van der Waals surface area contributed by atoms with Gasteiger partial charge in [-0.1, -0.05) is 78.9 Å². The number of hydrogen-bond donors (Lipinski definition) is 1. The van der Waals surface area contributed by atoms with Crippen molar-refractivity contribution in [1.29, 1.82) is 0 Å². The SMILES string of the molecule is Cc1ccc(N(CC(=O)N(Cc2cccc(Cl)c2)[C@H](C)C(=O)NC2CCCCC2)S(=O)(=O)c2ccccc2)cc1Cl. The second-order valence-corrected chi connectivity index (χ2v) is 13.1. The van der Waals surface area contributed by atoms with Gasteiger partial charge in [0.1, 0.15) is 12.6 Å². The second kappa shape index (κ2) is 13.7. The number of carbonyl (C=O) groups excluding carboxylic acids is 2. The summed E-state index contributed by atoms with van der Waals surface area (Å²) in [5.41, 5.74) is 1.74. The number of nitrogens with one attached hydrogen (secondary N) is 1. The van der Waals surface area contributed by atoms with Crippen LogP contribution >= 0.6 is 23.2 Å². The number of benzene rings is 3. The van der Waals surface area contributed by atoms with Crippen LogP contribution in [-0.2, 0) is 26.2 Å². The summed E-state index contributed by atoms with van der Waals surface area (Å²) in [6, 6.07) is 19.0. The van der Waals surface area contributed by atoms with Gasteiger partial charge in [0.25, 0.3) is 10.0 Å². The smallest absolute Gasteiger partial charge is 0.264 e. The van der Waals surface area contributed by atoms with Crippen molar-refractivity contribution >= 4 is 50.7 Å². The van der Waals surface area contributed by atoms with Crippen molar-refractivity contribution in [3.63, 3.8) is 0 Å². The first-order valence-corrected chi connectivity index (χ1v) is 15.9. The van der Waals surface area contributed by atoms with Crippen LogP contribution in [0.1, 0.15) is 50.2 Å². The topological polar surface area (TPSA) is 86.8 Å². The minimum atomic E-state index is -4.16. The Morgan fingerprint density at radius 1 is 0.951 bits per heavy atom. The van der Waals surface area contributed by atoms with Crippen LogP contribution in [0.15, 0.2) is 77.7 Å². The molecule has 2 amide bonds. The third-order valence-corrected chi connectivity index (χ3v) is 9.84. The zero-order chi connectivity index (χ0) is 29.6. The Kier molecular flexibility index (Phi) is 10.3. The summed E-state index contributed by atoms with van der Waals surface area (Å²) in [4.78, 5) is 28.9. The maximum atomic E-state index is 14.1. The molecule has 1 saturated carbocycles. The fourth-order valence-electron chi connectivity index (χ4n) is 4.97. The van der Waals surface area contributed by atoms with Crippen molar-refractivity contribution in [1.82, 2.24) is 10.2 Å². The van der Waals surface area contributed by atoms with Gasteiger partial charge in [-0.2, -0.15) is 0 Å². The number of amides is 2. The highest BCUT2D eigenvalue weighted by molar-refractivity contribution is 7.92. The van der Waals surface area contributed by atoms with Gasteiger partial charge in [-0.25, -0.2) is 8.42 Å². The van der Waals surface area contributed by atoms with Crippen molar-refractivity contribution < 1.29 is 18.0 Å². The van der Waals surface area contributed by atoms with Gasteiger partial charge < -0.3 is 10.2 Å². The average molecular weight is 617 g/mol. The number of hydrogen-bond acceptors (Lipinski definition) is 4. The molecule has 1 atom stereocenters. The first-order valence-electron chi connectivity index (χ1n) is 13.7. The Morgan fingerprint density at radius 2 is 1.66 bits per heavy atom. The molecule has 3 aromatic rings. The molecule has 0 aromatic heterocycles. The highest BCUT2D eigenvalue weighted by Crippen LogP contribution is 2.29. The fourth-order valence-corrected chi connectivity index (χ4v) is 6.78. The number of carbonyl (C=O) groups is 2. The predicted octanol–water partition coefficient (Wildman–Crippen LogP) is 6.36. The van der Waals surface area contributed by atoms with Gasteiger partial charge in [0.15, 0.2) is 0 Å². The summed E-state index contributed by atoms with van der Waals surface area (Å²) >= 11 is 12.6. The largest absolute Gasteiger partial charge is 0.352 e. The number of sulfonamides is 1. The van der Waals surface area contributed by atoms with E-state index in [2.05, 4.69) is 5.32 Å². The van der Waals surface area contributed by atoms with Crippen LogP contribution in [-0.4, -0.2) is 43.8 Å². The molecule has 218 valence electrons. The lowest BCUT2D eigenvalue weighted by molar-refractivity contribution is -0.139. The Labute approximate surface area is 252 Å². The summed E-state index contributed by atoms with van der Waals surface area (Å²) in [6.45, 7) is 3.02. The highest BCUT2D eigenvalue weighted by atomic mass is 35.5. The molecule has 10 heteroatoms.